The van der Waals surface area contributed by atoms with Crippen LogP contribution in [0.5, 0.6) is 0 Å². The smallest absolute Gasteiger partial charge is 0.358 e. The van der Waals surface area contributed by atoms with Crippen LogP contribution in [0.25, 0.3) is 0 Å². The van der Waals surface area contributed by atoms with Crippen LogP contribution in [0.1, 0.15) is 42.4 Å². The number of hydrogen-bond donors (Lipinski definition) is 2. The minimum absolute atomic E-state index is 0.0255. The lowest BCUT2D eigenvalue weighted by molar-refractivity contribution is -0.122. The molecule has 0 aliphatic carbocycles. The topological polar surface area (TPSA) is 106 Å². The zero-order valence-electron chi connectivity index (χ0n) is 12.0. The maximum Gasteiger partial charge on any atom is 0.358 e. The Labute approximate surface area is 122 Å². The molecule has 0 aromatic carbocycles. The molecule has 1 saturated heterocycles. The van der Waals surface area contributed by atoms with Crippen molar-refractivity contribution in [2.75, 3.05) is 13.2 Å². The number of amides is 1. The number of carbonyl (C=O) groups is 2. The van der Waals surface area contributed by atoms with Gasteiger partial charge in [-0.1, -0.05) is 18.6 Å². The molecule has 1 amide bonds. The zero-order valence-corrected chi connectivity index (χ0v) is 12.0. The number of nitrogens with zero attached hydrogens (tertiary/aromatic N) is 3. The average molecular weight is 296 g/mol. The lowest BCUT2D eigenvalue weighted by Gasteiger charge is -2.11. The summed E-state index contributed by atoms with van der Waals surface area (Å²) in [6.45, 7) is 3.12. The summed E-state index contributed by atoms with van der Waals surface area (Å²) in [6.07, 6.45) is 3.33. The van der Waals surface area contributed by atoms with Crippen molar-refractivity contribution in [2.45, 2.75) is 45.3 Å². The maximum atomic E-state index is 11.9. The predicted molar refractivity (Wildman–Crippen MR) is 73.0 cm³/mol. The predicted octanol–water partition coefficient (Wildman–Crippen LogP) is 0.224. The minimum atomic E-state index is -1.12. The molecule has 0 spiro atoms. The second-order valence-electron chi connectivity index (χ2n) is 5.04. The van der Waals surface area contributed by atoms with Gasteiger partial charge < -0.3 is 15.2 Å². The van der Waals surface area contributed by atoms with Crippen molar-refractivity contribution in [3.05, 3.63) is 11.4 Å². The van der Waals surface area contributed by atoms with Crippen molar-refractivity contribution in [1.29, 1.82) is 0 Å². The van der Waals surface area contributed by atoms with E-state index in [2.05, 4.69) is 15.6 Å². The van der Waals surface area contributed by atoms with Crippen molar-refractivity contribution in [1.82, 2.24) is 20.3 Å². The molecule has 1 aromatic heterocycles. The fraction of sp³-hybridized carbons (Fsp3) is 0.692. The Morgan fingerprint density at radius 3 is 2.95 bits per heavy atom. The summed E-state index contributed by atoms with van der Waals surface area (Å²) in [5.74, 6) is -1.34. The molecule has 2 heterocycles. The Hall–Kier alpha value is -1.96. The van der Waals surface area contributed by atoms with Crippen LogP contribution in [0.15, 0.2) is 0 Å². The average Bonchev–Trinajstić information content (AvgIpc) is 3.07. The van der Waals surface area contributed by atoms with Gasteiger partial charge in [0.05, 0.1) is 11.8 Å². The fourth-order valence-corrected chi connectivity index (χ4v) is 2.34. The number of rotatable bonds is 7. The number of aromatic carboxylic acids is 1. The van der Waals surface area contributed by atoms with E-state index in [0.717, 1.165) is 25.9 Å². The molecule has 2 N–H and O–H groups in total. The largest absolute Gasteiger partial charge is 0.476 e. The lowest BCUT2D eigenvalue weighted by Crippen LogP contribution is -2.34. The summed E-state index contributed by atoms with van der Waals surface area (Å²) < 4.78 is 6.78. The fourth-order valence-electron chi connectivity index (χ4n) is 2.34. The molecule has 1 unspecified atom stereocenters. The van der Waals surface area contributed by atoms with Gasteiger partial charge in [-0.25, -0.2) is 9.48 Å². The first kappa shape index (κ1) is 15.4. The molecule has 1 aromatic rings. The normalized spacial score (nSPS) is 17.9. The lowest BCUT2D eigenvalue weighted by atomic mass is 10.2. The summed E-state index contributed by atoms with van der Waals surface area (Å²) in [4.78, 5) is 23.0. The van der Waals surface area contributed by atoms with E-state index >= 15 is 0 Å². The van der Waals surface area contributed by atoms with Gasteiger partial charge in [-0.15, -0.1) is 5.10 Å². The highest BCUT2D eigenvalue weighted by molar-refractivity contribution is 5.86. The molecule has 8 heteroatoms. The molecule has 1 aliphatic rings. The second-order valence-corrected chi connectivity index (χ2v) is 5.04. The summed E-state index contributed by atoms with van der Waals surface area (Å²) >= 11 is 0. The second kappa shape index (κ2) is 7.16. The molecule has 1 fully saturated rings. The SMILES string of the molecule is CCCc1c(C(=O)O)nnn1CC(=O)NCC1CCCO1. The van der Waals surface area contributed by atoms with Crippen molar-refractivity contribution < 1.29 is 19.4 Å². The van der Waals surface area contributed by atoms with Crippen LogP contribution >= 0.6 is 0 Å². The van der Waals surface area contributed by atoms with Gasteiger partial charge in [-0.3, -0.25) is 4.79 Å². The number of hydrogen-bond acceptors (Lipinski definition) is 5. The van der Waals surface area contributed by atoms with Crippen LogP contribution < -0.4 is 5.32 Å². The van der Waals surface area contributed by atoms with Gasteiger partial charge in [0.1, 0.15) is 6.54 Å². The van der Waals surface area contributed by atoms with E-state index in [9.17, 15) is 9.59 Å². The van der Waals surface area contributed by atoms with Crippen LogP contribution in [-0.4, -0.2) is 51.2 Å². The number of ether oxygens (including phenoxy) is 1. The first-order valence-corrected chi connectivity index (χ1v) is 7.15. The zero-order chi connectivity index (χ0) is 15.2. The maximum absolute atomic E-state index is 11.9. The first-order chi connectivity index (χ1) is 10.1. The molecule has 116 valence electrons. The van der Waals surface area contributed by atoms with E-state index in [1.807, 2.05) is 6.92 Å². The van der Waals surface area contributed by atoms with Crippen molar-refractivity contribution in [3.8, 4) is 0 Å². The monoisotopic (exact) mass is 296 g/mol. The molecule has 2 rings (SSSR count). The third-order valence-corrected chi connectivity index (χ3v) is 3.37. The molecule has 21 heavy (non-hydrogen) atoms. The Balaban J connectivity index is 1.94. The molecule has 0 saturated carbocycles. The summed E-state index contributed by atoms with van der Waals surface area (Å²) in [5.41, 5.74) is 0.404. The van der Waals surface area contributed by atoms with Gasteiger partial charge in [0.25, 0.3) is 0 Å². The molecule has 8 nitrogen and oxygen atoms in total. The molecule has 0 bridgehead atoms. The minimum Gasteiger partial charge on any atom is -0.476 e. The highest BCUT2D eigenvalue weighted by atomic mass is 16.5. The van der Waals surface area contributed by atoms with Crippen LogP contribution in [-0.2, 0) is 22.5 Å². The molecular weight excluding hydrogens is 276 g/mol. The quantitative estimate of drug-likeness (QED) is 0.745. The Morgan fingerprint density at radius 1 is 1.52 bits per heavy atom. The highest BCUT2D eigenvalue weighted by Crippen LogP contribution is 2.11. The van der Waals surface area contributed by atoms with E-state index in [1.54, 1.807) is 0 Å². The van der Waals surface area contributed by atoms with Gasteiger partial charge in [0, 0.05) is 13.2 Å². The van der Waals surface area contributed by atoms with Crippen molar-refractivity contribution in [3.63, 3.8) is 0 Å². The van der Waals surface area contributed by atoms with Gasteiger partial charge in [0.15, 0.2) is 5.69 Å². The number of carboxylic acid groups (broad SMARTS) is 1. The third-order valence-electron chi connectivity index (χ3n) is 3.37. The van der Waals surface area contributed by atoms with Gasteiger partial charge >= 0.3 is 5.97 Å². The van der Waals surface area contributed by atoms with E-state index in [0.29, 0.717) is 18.7 Å². The van der Waals surface area contributed by atoms with Gasteiger partial charge in [-0.2, -0.15) is 0 Å². The van der Waals surface area contributed by atoms with Gasteiger partial charge in [-0.05, 0) is 19.3 Å². The standard InChI is InChI=1S/C13H20N4O4/c1-2-4-10-12(13(19)20)15-16-17(10)8-11(18)14-7-9-5-3-6-21-9/h9H,2-8H2,1H3,(H,14,18)(H,19,20). The van der Waals surface area contributed by atoms with E-state index < -0.39 is 5.97 Å². The Kier molecular flexibility index (Phi) is 5.26. The van der Waals surface area contributed by atoms with Crippen molar-refractivity contribution >= 4 is 11.9 Å². The Bertz CT molecular complexity index is 508. The van der Waals surface area contributed by atoms with E-state index in [-0.39, 0.29) is 24.2 Å². The van der Waals surface area contributed by atoms with E-state index in [4.69, 9.17) is 9.84 Å². The van der Waals surface area contributed by atoms with Crippen LogP contribution in [0.4, 0.5) is 0 Å². The summed E-state index contributed by atoms with van der Waals surface area (Å²) in [6, 6.07) is 0. The third kappa shape index (κ3) is 4.01. The molecular formula is C13H20N4O4. The van der Waals surface area contributed by atoms with Gasteiger partial charge in [0.2, 0.25) is 5.91 Å². The van der Waals surface area contributed by atoms with E-state index in [1.165, 1.54) is 4.68 Å². The number of aromatic nitrogens is 3. The van der Waals surface area contributed by atoms with Crippen LogP contribution in [0.3, 0.4) is 0 Å². The highest BCUT2D eigenvalue weighted by Gasteiger charge is 2.20. The summed E-state index contributed by atoms with van der Waals surface area (Å²) in [7, 11) is 0. The number of carboxylic acids is 1. The number of carbonyl (C=O) groups excluding carboxylic acids is 1. The first-order valence-electron chi connectivity index (χ1n) is 7.15. The molecule has 1 atom stereocenters. The van der Waals surface area contributed by atoms with Crippen LogP contribution in [0.2, 0.25) is 0 Å². The Morgan fingerprint density at radius 2 is 2.33 bits per heavy atom. The number of nitrogens with one attached hydrogen (secondary N) is 1. The van der Waals surface area contributed by atoms with Crippen LogP contribution in [0, 0.1) is 0 Å². The molecule has 1 aliphatic heterocycles. The van der Waals surface area contributed by atoms with Crippen molar-refractivity contribution in [2.24, 2.45) is 0 Å². The summed E-state index contributed by atoms with van der Waals surface area (Å²) in [5, 5.41) is 19.2. The molecule has 0 radical (unpaired) electrons.